The Hall–Kier alpha value is -2.45. The number of ether oxygens (including phenoxy) is 1. The SMILES string of the molecule is CN=C(NCc1ccc(-n2nc(C)cc2C)nc1)NCC(CC(C)C)N1CCOCC1. The van der Waals surface area contributed by atoms with E-state index in [4.69, 9.17) is 4.74 Å². The first-order valence-corrected chi connectivity index (χ1v) is 11.2. The van der Waals surface area contributed by atoms with Crippen molar-refractivity contribution in [3.05, 3.63) is 41.3 Å². The molecule has 1 aliphatic heterocycles. The number of aryl methyl sites for hydroxylation is 2. The van der Waals surface area contributed by atoms with Gasteiger partial charge in [0.2, 0.25) is 0 Å². The summed E-state index contributed by atoms with van der Waals surface area (Å²) >= 11 is 0. The predicted octanol–water partition coefficient (Wildman–Crippen LogP) is 2.30. The molecule has 2 aromatic heterocycles. The summed E-state index contributed by atoms with van der Waals surface area (Å²) in [6.07, 6.45) is 3.04. The first kappa shape index (κ1) is 23.2. The summed E-state index contributed by atoms with van der Waals surface area (Å²) in [6, 6.07) is 6.61. The number of hydrogen-bond donors (Lipinski definition) is 2. The van der Waals surface area contributed by atoms with Crippen LogP contribution in [0.4, 0.5) is 0 Å². The Kier molecular flexibility index (Phi) is 8.43. The quantitative estimate of drug-likeness (QED) is 0.497. The Morgan fingerprint density at radius 1 is 1.19 bits per heavy atom. The molecule has 3 heterocycles. The summed E-state index contributed by atoms with van der Waals surface area (Å²) in [5.74, 6) is 2.29. The van der Waals surface area contributed by atoms with Gasteiger partial charge in [-0.1, -0.05) is 19.9 Å². The molecular weight excluding hydrogens is 390 g/mol. The highest BCUT2D eigenvalue weighted by atomic mass is 16.5. The highest BCUT2D eigenvalue weighted by molar-refractivity contribution is 5.79. The Morgan fingerprint density at radius 2 is 1.97 bits per heavy atom. The zero-order valence-corrected chi connectivity index (χ0v) is 19.6. The number of aromatic nitrogens is 3. The number of hydrogen-bond acceptors (Lipinski definition) is 5. The van der Waals surface area contributed by atoms with Gasteiger partial charge in [-0.15, -0.1) is 0 Å². The van der Waals surface area contributed by atoms with Gasteiger partial charge in [0.1, 0.15) is 0 Å². The van der Waals surface area contributed by atoms with E-state index in [1.807, 2.05) is 37.8 Å². The Labute approximate surface area is 186 Å². The molecule has 1 aliphatic rings. The molecule has 31 heavy (non-hydrogen) atoms. The Morgan fingerprint density at radius 3 is 2.55 bits per heavy atom. The minimum atomic E-state index is 0.476. The molecule has 1 saturated heterocycles. The van der Waals surface area contributed by atoms with Crippen LogP contribution in [0.25, 0.3) is 5.82 Å². The van der Waals surface area contributed by atoms with Gasteiger partial charge in [-0.25, -0.2) is 9.67 Å². The number of nitrogens with zero attached hydrogens (tertiary/aromatic N) is 5. The highest BCUT2D eigenvalue weighted by Gasteiger charge is 2.22. The van der Waals surface area contributed by atoms with E-state index in [2.05, 4.69) is 56.6 Å². The number of morpholine rings is 1. The van der Waals surface area contributed by atoms with Crippen molar-refractivity contribution in [2.75, 3.05) is 39.9 Å². The number of nitrogens with one attached hydrogen (secondary N) is 2. The van der Waals surface area contributed by atoms with Crippen LogP contribution in [0.5, 0.6) is 0 Å². The Balaban J connectivity index is 1.53. The maximum Gasteiger partial charge on any atom is 0.191 e. The van der Waals surface area contributed by atoms with Gasteiger partial charge >= 0.3 is 0 Å². The third-order valence-electron chi connectivity index (χ3n) is 5.53. The van der Waals surface area contributed by atoms with Crippen molar-refractivity contribution in [3.8, 4) is 5.82 Å². The second-order valence-corrected chi connectivity index (χ2v) is 8.60. The minimum Gasteiger partial charge on any atom is -0.379 e. The molecule has 170 valence electrons. The molecule has 0 aliphatic carbocycles. The van der Waals surface area contributed by atoms with Gasteiger partial charge in [0.05, 0.1) is 18.9 Å². The van der Waals surface area contributed by atoms with Gasteiger partial charge in [0.25, 0.3) is 0 Å². The third kappa shape index (κ3) is 6.77. The molecule has 1 atom stereocenters. The van der Waals surface area contributed by atoms with Crippen molar-refractivity contribution in [2.45, 2.75) is 46.7 Å². The van der Waals surface area contributed by atoms with E-state index in [1.165, 1.54) is 0 Å². The largest absolute Gasteiger partial charge is 0.379 e. The van der Waals surface area contributed by atoms with Crippen LogP contribution in [-0.2, 0) is 11.3 Å². The van der Waals surface area contributed by atoms with Gasteiger partial charge in [-0.2, -0.15) is 5.10 Å². The lowest BCUT2D eigenvalue weighted by molar-refractivity contribution is 0.0132. The highest BCUT2D eigenvalue weighted by Crippen LogP contribution is 2.13. The lowest BCUT2D eigenvalue weighted by Gasteiger charge is -2.35. The summed E-state index contributed by atoms with van der Waals surface area (Å²) in [4.78, 5) is 11.5. The lowest BCUT2D eigenvalue weighted by Crippen LogP contribution is -2.50. The summed E-state index contributed by atoms with van der Waals surface area (Å²) in [5.41, 5.74) is 3.17. The number of rotatable bonds is 8. The van der Waals surface area contributed by atoms with E-state index >= 15 is 0 Å². The van der Waals surface area contributed by atoms with Crippen LogP contribution in [0, 0.1) is 19.8 Å². The second-order valence-electron chi connectivity index (χ2n) is 8.60. The summed E-state index contributed by atoms with van der Waals surface area (Å²) < 4.78 is 7.39. The van der Waals surface area contributed by atoms with Crippen LogP contribution in [0.3, 0.4) is 0 Å². The molecule has 0 bridgehead atoms. The average Bonchev–Trinajstić information content (AvgIpc) is 3.11. The standard InChI is InChI=1S/C23H37N7O/c1-17(2)12-21(29-8-10-31-11-9-29)16-27-23(24-5)26-15-20-6-7-22(25-14-20)30-19(4)13-18(3)28-30/h6-7,13-14,17,21H,8-12,15-16H2,1-5H3,(H2,24,26,27). The van der Waals surface area contributed by atoms with Crippen LogP contribution < -0.4 is 10.6 Å². The molecule has 0 saturated carbocycles. The average molecular weight is 428 g/mol. The van der Waals surface area contributed by atoms with Crippen molar-refractivity contribution in [1.82, 2.24) is 30.3 Å². The molecule has 0 spiro atoms. The summed E-state index contributed by atoms with van der Waals surface area (Å²) in [7, 11) is 1.81. The normalized spacial score (nSPS) is 16.5. The lowest BCUT2D eigenvalue weighted by atomic mass is 10.0. The molecule has 2 aromatic rings. The number of guanidine groups is 1. The van der Waals surface area contributed by atoms with Crippen molar-refractivity contribution in [2.24, 2.45) is 10.9 Å². The maximum atomic E-state index is 5.52. The molecule has 1 unspecified atom stereocenters. The fourth-order valence-electron chi connectivity index (χ4n) is 3.98. The van der Waals surface area contributed by atoms with Gasteiger partial charge in [0.15, 0.2) is 11.8 Å². The van der Waals surface area contributed by atoms with Crippen molar-refractivity contribution in [3.63, 3.8) is 0 Å². The third-order valence-corrected chi connectivity index (χ3v) is 5.53. The molecule has 2 N–H and O–H groups in total. The fraction of sp³-hybridized carbons (Fsp3) is 0.609. The van der Waals surface area contributed by atoms with Crippen molar-refractivity contribution < 1.29 is 4.74 Å². The predicted molar refractivity (Wildman–Crippen MR) is 125 cm³/mol. The first-order chi connectivity index (χ1) is 15.0. The van der Waals surface area contributed by atoms with E-state index in [0.717, 1.165) is 68.0 Å². The van der Waals surface area contributed by atoms with Gasteiger partial charge in [0, 0.05) is 51.2 Å². The summed E-state index contributed by atoms with van der Waals surface area (Å²) in [6.45, 7) is 13.8. The molecule has 0 radical (unpaired) electrons. The van der Waals surface area contributed by atoms with Crippen LogP contribution in [0.15, 0.2) is 29.4 Å². The van der Waals surface area contributed by atoms with E-state index < -0.39 is 0 Å². The van der Waals surface area contributed by atoms with Crippen LogP contribution in [-0.4, -0.2) is 71.6 Å². The monoisotopic (exact) mass is 427 g/mol. The second kappa shape index (κ2) is 11.2. The zero-order chi connectivity index (χ0) is 22.2. The van der Waals surface area contributed by atoms with Gasteiger partial charge < -0.3 is 15.4 Å². The smallest absolute Gasteiger partial charge is 0.191 e. The molecule has 0 aromatic carbocycles. The first-order valence-electron chi connectivity index (χ1n) is 11.2. The van der Waals surface area contributed by atoms with Crippen molar-refractivity contribution in [1.29, 1.82) is 0 Å². The van der Waals surface area contributed by atoms with E-state index in [1.54, 1.807) is 0 Å². The van der Waals surface area contributed by atoms with Crippen LogP contribution in [0.1, 0.15) is 37.2 Å². The molecule has 8 nitrogen and oxygen atoms in total. The molecule has 3 rings (SSSR count). The van der Waals surface area contributed by atoms with Gasteiger partial charge in [-0.3, -0.25) is 9.89 Å². The maximum absolute atomic E-state index is 5.52. The van der Waals surface area contributed by atoms with Crippen LogP contribution in [0.2, 0.25) is 0 Å². The number of pyridine rings is 1. The van der Waals surface area contributed by atoms with Crippen molar-refractivity contribution >= 4 is 5.96 Å². The topological polar surface area (TPSA) is 79.6 Å². The molecular formula is C23H37N7O. The zero-order valence-electron chi connectivity index (χ0n) is 19.6. The minimum absolute atomic E-state index is 0.476. The van der Waals surface area contributed by atoms with E-state index in [-0.39, 0.29) is 0 Å². The number of aliphatic imine (C=N–C) groups is 1. The molecule has 1 fully saturated rings. The van der Waals surface area contributed by atoms with E-state index in [0.29, 0.717) is 18.5 Å². The van der Waals surface area contributed by atoms with Gasteiger partial charge in [-0.05, 0) is 43.9 Å². The molecule has 8 heteroatoms. The fourth-order valence-corrected chi connectivity index (χ4v) is 3.98. The van der Waals surface area contributed by atoms with E-state index in [9.17, 15) is 0 Å². The Bertz CT molecular complexity index is 838. The van der Waals surface area contributed by atoms with Crippen LogP contribution >= 0.6 is 0 Å². The molecule has 0 amide bonds. The summed E-state index contributed by atoms with van der Waals surface area (Å²) in [5, 5.41) is 11.4.